The Hall–Kier alpha value is -1.06. The van der Waals surface area contributed by atoms with Gasteiger partial charge in [-0.2, -0.15) is 0 Å². The Labute approximate surface area is 90.9 Å². The Bertz CT molecular complexity index is 233. The zero-order chi connectivity index (χ0) is 12.1. The van der Waals surface area contributed by atoms with Gasteiger partial charge in [-0.25, -0.2) is 0 Å². The Morgan fingerprint density at radius 3 is 2.00 bits per heavy atom. The maximum atomic E-state index is 11.6. The van der Waals surface area contributed by atoms with Gasteiger partial charge in [-0.3, -0.25) is 9.59 Å². The fraction of sp³-hybridized carbons (Fsp3) is 0.818. The fourth-order valence-electron chi connectivity index (χ4n) is 1.06. The topological polar surface area (TPSA) is 52.6 Å². The number of rotatable bonds is 5. The van der Waals surface area contributed by atoms with Gasteiger partial charge in [0, 0.05) is 0 Å². The van der Waals surface area contributed by atoms with Gasteiger partial charge in [0.05, 0.1) is 24.5 Å². The normalized spacial score (nSPS) is 13.1. The third kappa shape index (κ3) is 3.53. The second kappa shape index (κ2) is 5.73. The fourth-order valence-corrected chi connectivity index (χ4v) is 1.06. The molecule has 0 aliphatic heterocycles. The number of hydrogen-bond acceptors (Lipinski definition) is 4. The van der Waals surface area contributed by atoms with Crippen LogP contribution in [0, 0.1) is 11.3 Å². The van der Waals surface area contributed by atoms with Crippen LogP contribution in [0.3, 0.4) is 0 Å². The molecule has 0 amide bonds. The van der Waals surface area contributed by atoms with E-state index in [0.717, 1.165) is 0 Å². The van der Waals surface area contributed by atoms with E-state index >= 15 is 0 Å². The molecule has 15 heavy (non-hydrogen) atoms. The van der Waals surface area contributed by atoms with E-state index in [1.165, 1.54) is 0 Å². The first-order valence-corrected chi connectivity index (χ1v) is 5.21. The van der Waals surface area contributed by atoms with E-state index in [4.69, 9.17) is 9.47 Å². The van der Waals surface area contributed by atoms with Crippen LogP contribution in [0.25, 0.3) is 0 Å². The summed E-state index contributed by atoms with van der Waals surface area (Å²) in [5.74, 6) is -1.24. The molecular formula is C11H20O4. The number of carbonyl (C=O) groups is 2. The lowest BCUT2D eigenvalue weighted by molar-refractivity contribution is -0.166. The summed E-state index contributed by atoms with van der Waals surface area (Å²) in [5, 5.41) is 0. The maximum Gasteiger partial charge on any atom is 0.312 e. The molecule has 0 aromatic rings. The Balaban J connectivity index is 4.56. The molecule has 0 fully saturated rings. The minimum Gasteiger partial charge on any atom is -0.466 e. The van der Waals surface area contributed by atoms with Crippen LogP contribution in [0.5, 0.6) is 0 Å². The third-order valence-electron chi connectivity index (χ3n) is 2.52. The van der Waals surface area contributed by atoms with Crippen molar-refractivity contribution < 1.29 is 19.1 Å². The van der Waals surface area contributed by atoms with Crippen LogP contribution in [0.15, 0.2) is 0 Å². The molecule has 0 N–H and O–H groups in total. The minimum atomic E-state index is -0.845. The molecule has 0 heterocycles. The molecule has 0 aromatic carbocycles. The zero-order valence-electron chi connectivity index (χ0n) is 10.1. The lowest BCUT2D eigenvalue weighted by Gasteiger charge is -2.27. The molecule has 4 nitrogen and oxygen atoms in total. The van der Waals surface area contributed by atoms with Gasteiger partial charge < -0.3 is 9.47 Å². The molecule has 0 saturated heterocycles. The van der Waals surface area contributed by atoms with Crippen molar-refractivity contribution in [2.75, 3.05) is 13.2 Å². The predicted molar refractivity (Wildman–Crippen MR) is 56.2 cm³/mol. The van der Waals surface area contributed by atoms with E-state index < -0.39 is 11.3 Å². The minimum absolute atomic E-state index is 0.317. The van der Waals surface area contributed by atoms with Crippen LogP contribution in [0.2, 0.25) is 0 Å². The number of esters is 2. The lowest BCUT2D eigenvalue weighted by Crippen LogP contribution is -2.38. The average molecular weight is 216 g/mol. The quantitative estimate of drug-likeness (QED) is 0.657. The molecule has 0 saturated carbocycles. The Morgan fingerprint density at radius 1 is 1.13 bits per heavy atom. The van der Waals surface area contributed by atoms with Crippen LogP contribution in [0.1, 0.15) is 34.6 Å². The predicted octanol–water partition coefficient (Wildman–Crippen LogP) is 1.77. The van der Waals surface area contributed by atoms with Gasteiger partial charge in [-0.05, 0) is 27.7 Å². The summed E-state index contributed by atoms with van der Waals surface area (Å²) in [7, 11) is 0. The van der Waals surface area contributed by atoms with Gasteiger partial charge in [0.1, 0.15) is 0 Å². The van der Waals surface area contributed by atoms with Crippen molar-refractivity contribution in [3.05, 3.63) is 0 Å². The molecule has 4 heteroatoms. The Morgan fingerprint density at radius 2 is 1.60 bits per heavy atom. The first-order valence-electron chi connectivity index (χ1n) is 5.21. The van der Waals surface area contributed by atoms with Crippen molar-refractivity contribution in [3.8, 4) is 0 Å². The van der Waals surface area contributed by atoms with E-state index in [1.807, 2.05) is 0 Å². The molecule has 1 unspecified atom stereocenters. The highest BCUT2D eigenvalue weighted by Crippen LogP contribution is 2.29. The van der Waals surface area contributed by atoms with Gasteiger partial charge in [-0.1, -0.05) is 6.92 Å². The molecule has 0 aromatic heterocycles. The third-order valence-corrected chi connectivity index (χ3v) is 2.52. The molecule has 0 bridgehead atoms. The summed E-state index contributed by atoms with van der Waals surface area (Å²) in [6.45, 7) is 9.17. The molecule has 0 aliphatic rings. The molecule has 0 spiro atoms. The van der Waals surface area contributed by atoms with Gasteiger partial charge >= 0.3 is 11.9 Å². The van der Waals surface area contributed by atoms with E-state index in [9.17, 15) is 9.59 Å². The van der Waals surface area contributed by atoms with E-state index in [2.05, 4.69) is 0 Å². The molecule has 1 atom stereocenters. The second-order valence-corrected chi connectivity index (χ2v) is 3.92. The number of hydrogen-bond donors (Lipinski definition) is 0. The van der Waals surface area contributed by atoms with Crippen molar-refractivity contribution in [1.29, 1.82) is 0 Å². The zero-order valence-corrected chi connectivity index (χ0v) is 10.1. The monoisotopic (exact) mass is 216 g/mol. The maximum absolute atomic E-state index is 11.6. The second-order valence-electron chi connectivity index (χ2n) is 3.92. The molecular weight excluding hydrogens is 196 g/mol. The first-order chi connectivity index (χ1) is 6.87. The lowest BCUT2D eigenvalue weighted by atomic mass is 9.80. The standard InChI is InChI=1S/C11H20O4/c1-6-14-9(12)8(3)11(4,5)10(13)15-7-2/h8H,6-7H2,1-5H3. The van der Waals surface area contributed by atoms with Gasteiger partial charge in [0.25, 0.3) is 0 Å². The van der Waals surface area contributed by atoms with E-state index in [0.29, 0.717) is 13.2 Å². The van der Waals surface area contributed by atoms with Gasteiger partial charge in [-0.15, -0.1) is 0 Å². The average Bonchev–Trinajstić information content (AvgIpc) is 2.17. The SMILES string of the molecule is CCOC(=O)C(C)C(C)(C)C(=O)OCC. The molecule has 0 aliphatic carbocycles. The van der Waals surface area contributed by atoms with Gasteiger partial charge in [0.15, 0.2) is 0 Å². The summed E-state index contributed by atoms with van der Waals surface area (Å²) in [6, 6.07) is 0. The highest BCUT2D eigenvalue weighted by molar-refractivity contribution is 5.84. The van der Waals surface area contributed by atoms with Crippen molar-refractivity contribution in [1.82, 2.24) is 0 Å². The Kier molecular flexibility index (Phi) is 5.33. The largest absolute Gasteiger partial charge is 0.466 e. The van der Waals surface area contributed by atoms with Crippen molar-refractivity contribution in [2.24, 2.45) is 11.3 Å². The number of carbonyl (C=O) groups excluding carboxylic acids is 2. The first kappa shape index (κ1) is 13.9. The number of ether oxygens (including phenoxy) is 2. The van der Waals surface area contributed by atoms with Crippen LogP contribution < -0.4 is 0 Å². The van der Waals surface area contributed by atoms with Crippen LogP contribution in [-0.4, -0.2) is 25.2 Å². The van der Waals surface area contributed by atoms with Crippen molar-refractivity contribution in [2.45, 2.75) is 34.6 Å². The van der Waals surface area contributed by atoms with Gasteiger partial charge in [0.2, 0.25) is 0 Å². The summed E-state index contributed by atoms with van der Waals surface area (Å²) in [5.41, 5.74) is -0.845. The van der Waals surface area contributed by atoms with Crippen LogP contribution in [0.4, 0.5) is 0 Å². The highest BCUT2D eigenvalue weighted by Gasteiger charge is 2.40. The molecule has 0 radical (unpaired) electrons. The summed E-state index contributed by atoms with van der Waals surface area (Å²) in [4.78, 5) is 23.1. The summed E-state index contributed by atoms with van der Waals surface area (Å²) in [6.07, 6.45) is 0. The summed E-state index contributed by atoms with van der Waals surface area (Å²) >= 11 is 0. The van der Waals surface area contributed by atoms with Crippen LogP contribution >= 0.6 is 0 Å². The molecule has 88 valence electrons. The molecule has 0 rings (SSSR count). The summed E-state index contributed by atoms with van der Waals surface area (Å²) < 4.78 is 9.78. The highest BCUT2D eigenvalue weighted by atomic mass is 16.5. The van der Waals surface area contributed by atoms with Crippen molar-refractivity contribution in [3.63, 3.8) is 0 Å². The van der Waals surface area contributed by atoms with Crippen LogP contribution in [-0.2, 0) is 19.1 Å². The van der Waals surface area contributed by atoms with Crippen molar-refractivity contribution >= 4 is 11.9 Å². The van der Waals surface area contributed by atoms with E-state index in [-0.39, 0.29) is 11.9 Å². The smallest absolute Gasteiger partial charge is 0.312 e. The van der Waals surface area contributed by atoms with E-state index in [1.54, 1.807) is 34.6 Å².